The van der Waals surface area contributed by atoms with Crippen molar-refractivity contribution >= 4 is 16.7 Å². The highest BCUT2D eigenvalue weighted by molar-refractivity contribution is 6.16. The molecule has 0 radical (unpaired) electrons. The normalized spacial score (nSPS) is 11.5. The number of halogens is 3. The Hall–Kier alpha value is -4.45. The van der Waals surface area contributed by atoms with Gasteiger partial charge in [0.1, 0.15) is 12.4 Å². The Morgan fingerprint density at radius 2 is 1.59 bits per heavy atom. The highest BCUT2D eigenvalue weighted by Gasteiger charge is 2.34. The van der Waals surface area contributed by atoms with Gasteiger partial charge in [0, 0.05) is 28.3 Å². The molecule has 0 atom stereocenters. The zero-order valence-electron chi connectivity index (χ0n) is 19.9. The molecule has 37 heavy (non-hydrogen) atoms. The molecule has 0 aliphatic carbocycles. The van der Waals surface area contributed by atoms with Gasteiger partial charge in [-0.05, 0) is 36.2 Å². The van der Waals surface area contributed by atoms with Crippen LogP contribution in [0.2, 0.25) is 0 Å². The van der Waals surface area contributed by atoms with Gasteiger partial charge >= 0.3 is 6.18 Å². The van der Waals surface area contributed by atoms with Crippen LogP contribution in [0.5, 0.6) is 5.75 Å². The Balaban J connectivity index is 1.64. The van der Waals surface area contributed by atoms with Crippen molar-refractivity contribution in [2.24, 2.45) is 0 Å². The highest BCUT2D eigenvalue weighted by atomic mass is 19.4. The fourth-order valence-electron chi connectivity index (χ4n) is 4.27. The number of benzene rings is 4. The molecule has 0 bridgehead atoms. The van der Waals surface area contributed by atoms with Crippen LogP contribution in [0.3, 0.4) is 0 Å². The van der Waals surface area contributed by atoms with Crippen LogP contribution in [0.25, 0.3) is 22.0 Å². The number of hydrogen-bond acceptors (Lipinski definition) is 3. The number of rotatable bonds is 6. The van der Waals surface area contributed by atoms with Crippen molar-refractivity contribution in [2.75, 3.05) is 0 Å². The molecule has 3 nitrogen and oxygen atoms in total. The molecule has 0 aliphatic rings. The Morgan fingerprint density at radius 1 is 0.865 bits per heavy atom. The molecule has 0 aliphatic heterocycles. The number of alkyl halides is 3. The number of hydrogen-bond donors (Lipinski definition) is 0. The molecule has 4 aromatic carbocycles. The molecule has 6 heteroatoms. The van der Waals surface area contributed by atoms with E-state index in [9.17, 15) is 18.0 Å². The largest absolute Gasteiger partial charge is 0.489 e. The summed E-state index contributed by atoms with van der Waals surface area (Å²) >= 11 is 0. The summed E-state index contributed by atoms with van der Waals surface area (Å²) in [5.41, 5.74) is 2.65. The van der Waals surface area contributed by atoms with Gasteiger partial charge in [-0.1, -0.05) is 84.4 Å². The van der Waals surface area contributed by atoms with E-state index in [2.05, 4.69) is 4.98 Å². The number of ketones is 1. The number of para-hydroxylation sites is 1. The highest BCUT2D eigenvalue weighted by Crippen LogP contribution is 2.39. The number of fused-ring (bicyclic) bond motifs is 1. The second kappa shape index (κ2) is 9.90. The number of ether oxygens (including phenoxy) is 1. The maximum absolute atomic E-state index is 13.8. The van der Waals surface area contributed by atoms with Gasteiger partial charge in [0.2, 0.25) is 0 Å². The van der Waals surface area contributed by atoms with Crippen LogP contribution in [0.15, 0.2) is 103 Å². The topological polar surface area (TPSA) is 39.2 Å². The van der Waals surface area contributed by atoms with Crippen LogP contribution in [0.4, 0.5) is 13.2 Å². The average molecular weight is 498 g/mol. The quantitative estimate of drug-likeness (QED) is 0.223. The Bertz CT molecular complexity index is 1580. The van der Waals surface area contributed by atoms with E-state index in [4.69, 9.17) is 4.74 Å². The van der Waals surface area contributed by atoms with E-state index in [0.29, 0.717) is 29.0 Å². The van der Waals surface area contributed by atoms with Gasteiger partial charge in [-0.2, -0.15) is 13.2 Å². The van der Waals surface area contributed by atoms with Gasteiger partial charge in [-0.3, -0.25) is 9.78 Å². The lowest BCUT2D eigenvalue weighted by atomic mass is 9.91. The minimum Gasteiger partial charge on any atom is -0.489 e. The summed E-state index contributed by atoms with van der Waals surface area (Å²) in [6.45, 7) is 2.33. The third-order valence-electron chi connectivity index (χ3n) is 6.13. The van der Waals surface area contributed by atoms with E-state index in [-0.39, 0.29) is 22.2 Å². The van der Waals surface area contributed by atoms with Crippen molar-refractivity contribution in [2.45, 2.75) is 19.7 Å². The van der Waals surface area contributed by atoms with E-state index in [0.717, 1.165) is 17.2 Å². The van der Waals surface area contributed by atoms with E-state index >= 15 is 0 Å². The van der Waals surface area contributed by atoms with Gasteiger partial charge in [-0.15, -0.1) is 0 Å². The third kappa shape index (κ3) is 5.09. The average Bonchev–Trinajstić information content (AvgIpc) is 2.91. The summed E-state index contributed by atoms with van der Waals surface area (Å²) < 4.78 is 47.4. The zero-order valence-corrected chi connectivity index (χ0v) is 19.9. The molecule has 1 aromatic heterocycles. The van der Waals surface area contributed by atoms with Crippen LogP contribution < -0.4 is 4.74 Å². The lowest BCUT2D eigenvalue weighted by Gasteiger charge is -2.16. The second-order valence-electron chi connectivity index (χ2n) is 8.74. The smallest absolute Gasteiger partial charge is 0.418 e. The van der Waals surface area contributed by atoms with Gasteiger partial charge in [0.25, 0.3) is 0 Å². The predicted molar refractivity (Wildman–Crippen MR) is 138 cm³/mol. The molecule has 184 valence electrons. The molecular weight excluding hydrogens is 475 g/mol. The number of pyridine rings is 1. The monoisotopic (exact) mass is 497 g/mol. The first kappa shape index (κ1) is 24.3. The Labute approximate surface area is 212 Å². The van der Waals surface area contributed by atoms with Crippen molar-refractivity contribution in [1.29, 1.82) is 0 Å². The van der Waals surface area contributed by atoms with E-state index in [1.54, 1.807) is 60.7 Å². The van der Waals surface area contributed by atoms with Crippen molar-refractivity contribution in [1.82, 2.24) is 4.98 Å². The van der Waals surface area contributed by atoms with Crippen molar-refractivity contribution in [3.05, 3.63) is 131 Å². The molecular formula is C31H22F3NO2. The molecule has 0 saturated carbocycles. The SMILES string of the molecule is Cc1ccc(COc2cccc(-c3c(C(=O)c4ccccc4)cnc4c(C(F)(F)F)cccc34)c2)cc1. The van der Waals surface area contributed by atoms with Crippen LogP contribution in [0, 0.1) is 6.92 Å². The molecule has 0 unspecified atom stereocenters. The predicted octanol–water partition coefficient (Wildman–Crippen LogP) is 8.04. The first-order valence-electron chi connectivity index (χ1n) is 11.7. The Kier molecular flexibility index (Phi) is 6.49. The maximum Gasteiger partial charge on any atom is 0.418 e. The minimum absolute atomic E-state index is 0.208. The van der Waals surface area contributed by atoms with Crippen molar-refractivity contribution in [3.63, 3.8) is 0 Å². The van der Waals surface area contributed by atoms with Crippen LogP contribution in [-0.2, 0) is 12.8 Å². The summed E-state index contributed by atoms with van der Waals surface area (Å²) in [6.07, 6.45) is -3.35. The molecule has 0 fully saturated rings. The summed E-state index contributed by atoms with van der Waals surface area (Å²) in [5, 5.41) is 0.243. The fourth-order valence-corrected chi connectivity index (χ4v) is 4.27. The lowest BCUT2D eigenvalue weighted by molar-refractivity contribution is -0.136. The number of aryl methyl sites for hydroxylation is 1. The third-order valence-corrected chi connectivity index (χ3v) is 6.13. The van der Waals surface area contributed by atoms with E-state index < -0.39 is 11.7 Å². The number of aromatic nitrogens is 1. The first-order chi connectivity index (χ1) is 17.8. The molecule has 0 N–H and O–H groups in total. The minimum atomic E-state index is -4.59. The number of nitrogens with zero attached hydrogens (tertiary/aromatic N) is 1. The number of carbonyl (C=O) groups excluding carboxylic acids is 1. The maximum atomic E-state index is 13.8. The van der Waals surface area contributed by atoms with Gasteiger partial charge in [0.05, 0.1) is 11.1 Å². The molecule has 5 aromatic rings. The molecule has 0 saturated heterocycles. The van der Waals surface area contributed by atoms with E-state index in [1.807, 2.05) is 31.2 Å². The van der Waals surface area contributed by atoms with Gasteiger partial charge in [-0.25, -0.2) is 0 Å². The Morgan fingerprint density at radius 3 is 2.32 bits per heavy atom. The zero-order chi connectivity index (χ0) is 26.0. The number of carbonyl (C=O) groups is 1. The van der Waals surface area contributed by atoms with Gasteiger partial charge < -0.3 is 4.74 Å². The van der Waals surface area contributed by atoms with Crippen LogP contribution >= 0.6 is 0 Å². The summed E-state index contributed by atoms with van der Waals surface area (Å²) in [5.74, 6) is 0.210. The van der Waals surface area contributed by atoms with Crippen molar-refractivity contribution in [3.8, 4) is 16.9 Å². The molecule has 5 rings (SSSR count). The summed E-state index contributed by atoms with van der Waals surface area (Å²) in [4.78, 5) is 17.6. The standard InChI is InChI=1S/C31H22F3NO2/c1-20-13-15-21(16-14-20)19-37-24-10-5-9-23(17-24)28-25-11-6-12-27(31(32,33)34)29(25)35-18-26(28)30(36)22-7-3-2-4-8-22/h2-18H,19H2,1H3. The van der Waals surface area contributed by atoms with Gasteiger partial charge in [0.15, 0.2) is 5.78 Å². The summed E-state index contributed by atoms with van der Waals surface area (Å²) in [7, 11) is 0. The molecule has 1 heterocycles. The van der Waals surface area contributed by atoms with Crippen LogP contribution in [0.1, 0.15) is 32.6 Å². The summed E-state index contributed by atoms with van der Waals surface area (Å²) in [6, 6.07) is 27.5. The first-order valence-corrected chi connectivity index (χ1v) is 11.7. The second-order valence-corrected chi connectivity index (χ2v) is 8.74. The van der Waals surface area contributed by atoms with Crippen LogP contribution in [-0.4, -0.2) is 10.8 Å². The van der Waals surface area contributed by atoms with Crippen molar-refractivity contribution < 1.29 is 22.7 Å². The van der Waals surface area contributed by atoms with E-state index in [1.165, 1.54) is 12.3 Å². The lowest BCUT2D eigenvalue weighted by Crippen LogP contribution is -2.09. The molecule has 0 spiro atoms. The fraction of sp³-hybridized carbons (Fsp3) is 0.0968. The molecule has 0 amide bonds.